The number of amides is 2. The summed E-state index contributed by atoms with van der Waals surface area (Å²) in [4.78, 5) is 26.4. The Morgan fingerprint density at radius 3 is 2.52 bits per heavy atom. The molecule has 2 amide bonds. The van der Waals surface area contributed by atoms with E-state index in [0.717, 1.165) is 16.7 Å². The van der Waals surface area contributed by atoms with Gasteiger partial charge in [0.25, 0.3) is 0 Å². The molecule has 2 heterocycles. The highest BCUT2D eigenvalue weighted by atomic mass is 16.6. The van der Waals surface area contributed by atoms with Crippen molar-refractivity contribution in [2.45, 2.75) is 52.2 Å². The molecule has 146 valence electrons. The van der Waals surface area contributed by atoms with Crippen molar-refractivity contribution in [1.29, 1.82) is 0 Å². The van der Waals surface area contributed by atoms with E-state index in [0.29, 0.717) is 25.9 Å². The SMILES string of the molecule is C[C@H](NC(=O)C1CCN(C(=O)OC(C)(C)C)CC1)c1cc2ccccc2o1. The Balaban J connectivity index is 1.52. The number of hydrogen-bond donors (Lipinski definition) is 1. The van der Waals surface area contributed by atoms with Crippen LogP contribution in [-0.2, 0) is 9.53 Å². The molecule has 0 saturated carbocycles. The van der Waals surface area contributed by atoms with Crippen LogP contribution >= 0.6 is 0 Å². The van der Waals surface area contributed by atoms with Crippen molar-refractivity contribution in [3.05, 3.63) is 36.1 Å². The molecule has 1 fully saturated rings. The normalized spacial score (nSPS) is 17.0. The molecule has 1 aliphatic rings. The number of piperidine rings is 1. The van der Waals surface area contributed by atoms with Crippen molar-refractivity contribution in [3.8, 4) is 0 Å². The van der Waals surface area contributed by atoms with Crippen molar-refractivity contribution >= 4 is 23.0 Å². The van der Waals surface area contributed by atoms with Gasteiger partial charge in [0.2, 0.25) is 5.91 Å². The van der Waals surface area contributed by atoms with Crippen molar-refractivity contribution in [2.24, 2.45) is 5.92 Å². The van der Waals surface area contributed by atoms with E-state index in [9.17, 15) is 9.59 Å². The number of rotatable bonds is 3. The zero-order valence-electron chi connectivity index (χ0n) is 16.5. The highest BCUT2D eigenvalue weighted by Crippen LogP contribution is 2.25. The number of fused-ring (bicyclic) bond motifs is 1. The number of ether oxygens (including phenoxy) is 1. The Labute approximate surface area is 159 Å². The first-order valence-corrected chi connectivity index (χ1v) is 9.50. The number of furan rings is 1. The summed E-state index contributed by atoms with van der Waals surface area (Å²) in [6, 6.07) is 9.56. The van der Waals surface area contributed by atoms with Crippen LogP contribution in [0.4, 0.5) is 4.79 Å². The smallest absolute Gasteiger partial charge is 0.410 e. The van der Waals surface area contributed by atoms with E-state index in [-0.39, 0.29) is 24.0 Å². The number of nitrogens with one attached hydrogen (secondary N) is 1. The van der Waals surface area contributed by atoms with Gasteiger partial charge in [0.05, 0.1) is 6.04 Å². The molecule has 27 heavy (non-hydrogen) atoms. The van der Waals surface area contributed by atoms with Crippen molar-refractivity contribution in [3.63, 3.8) is 0 Å². The molecule has 0 aliphatic carbocycles. The van der Waals surface area contributed by atoms with Gasteiger partial charge in [0.1, 0.15) is 16.9 Å². The Kier molecular flexibility index (Phi) is 5.44. The summed E-state index contributed by atoms with van der Waals surface area (Å²) in [5, 5.41) is 4.07. The van der Waals surface area contributed by atoms with Crippen LogP contribution in [0.2, 0.25) is 0 Å². The lowest BCUT2D eigenvalue weighted by molar-refractivity contribution is -0.127. The van der Waals surface area contributed by atoms with Crippen LogP contribution in [-0.4, -0.2) is 35.6 Å². The molecule has 6 nitrogen and oxygen atoms in total. The van der Waals surface area contributed by atoms with Gasteiger partial charge < -0.3 is 19.4 Å². The second kappa shape index (κ2) is 7.62. The number of nitrogens with zero attached hydrogens (tertiary/aromatic N) is 1. The first kappa shape index (κ1) is 19.3. The Morgan fingerprint density at radius 1 is 1.22 bits per heavy atom. The van der Waals surface area contributed by atoms with Crippen LogP contribution < -0.4 is 5.32 Å². The van der Waals surface area contributed by atoms with E-state index >= 15 is 0 Å². The maximum absolute atomic E-state index is 12.6. The number of para-hydroxylation sites is 1. The van der Waals surface area contributed by atoms with Gasteiger partial charge >= 0.3 is 6.09 Å². The van der Waals surface area contributed by atoms with Gasteiger partial charge in [-0.25, -0.2) is 4.79 Å². The van der Waals surface area contributed by atoms with Crippen LogP contribution in [0.25, 0.3) is 11.0 Å². The predicted molar refractivity (Wildman–Crippen MR) is 103 cm³/mol. The summed E-state index contributed by atoms with van der Waals surface area (Å²) in [6.07, 6.45) is 0.965. The molecule has 1 N–H and O–H groups in total. The fourth-order valence-corrected chi connectivity index (χ4v) is 3.27. The third-order valence-corrected chi connectivity index (χ3v) is 4.75. The van der Waals surface area contributed by atoms with Crippen LogP contribution in [0.3, 0.4) is 0 Å². The summed E-state index contributed by atoms with van der Waals surface area (Å²) < 4.78 is 11.2. The highest BCUT2D eigenvalue weighted by Gasteiger charge is 2.30. The fourth-order valence-electron chi connectivity index (χ4n) is 3.27. The lowest BCUT2D eigenvalue weighted by atomic mass is 9.95. The zero-order valence-corrected chi connectivity index (χ0v) is 16.5. The standard InChI is InChI=1S/C21H28N2O4/c1-14(18-13-16-7-5-6-8-17(16)26-18)22-19(24)15-9-11-23(12-10-15)20(25)27-21(2,3)4/h5-8,13-15H,9-12H2,1-4H3,(H,22,24)/t14-/m0/s1. The molecular weight excluding hydrogens is 344 g/mol. The topological polar surface area (TPSA) is 71.8 Å². The van der Waals surface area contributed by atoms with Gasteiger partial charge in [-0.2, -0.15) is 0 Å². The van der Waals surface area contributed by atoms with Gasteiger partial charge in [-0.05, 0) is 52.7 Å². The van der Waals surface area contributed by atoms with Gasteiger partial charge in [0, 0.05) is 24.4 Å². The van der Waals surface area contributed by atoms with Crippen molar-refractivity contribution in [2.75, 3.05) is 13.1 Å². The fraction of sp³-hybridized carbons (Fsp3) is 0.524. The number of benzene rings is 1. The van der Waals surface area contributed by atoms with Crippen LogP contribution in [0.15, 0.2) is 34.7 Å². The molecule has 0 radical (unpaired) electrons. The second-order valence-electron chi connectivity index (χ2n) is 8.16. The maximum Gasteiger partial charge on any atom is 0.410 e. The molecule has 3 rings (SSSR count). The quantitative estimate of drug-likeness (QED) is 0.874. The number of hydrogen-bond acceptors (Lipinski definition) is 4. The van der Waals surface area contributed by atoms with E-state index in [1.165, 1.54) is 0 Å². The maximum atomic E-state index is 12.6. The summed E-state index contributed by atoms with van der Waals surface area (Å²) in [5.74, 6) is 0.651. The van der Waals surface area contributed by atoms with Crippen molar-refractivity contribution < 1.29 is 18.7 Å². The van der Waals surface area contributed by atoms with E-state index in [1.807, 2.05) is 58.0 Å². The lowest BCUT2D eigenvalue weighted by Crippen LogP contribution is -2.45. The van der Waals surface area contributed by atoms with E-state index in [2.05, 4.69) is 5.32 Å². The number of carbonyl (C=O) groups excluding carboxylic acids is 2. The largest absolute Gasteiger partial charge is 0.459 e. The minimum atomic E-state index is -0.507. The molecule has 0 unspecified atom stereocenters. The van der Waals surface area contributed by atoms with E-state index < -0.39 is 5.60 Å². The summed E-state index contributed by atoms with van der Waals surface area (Å²) in [7, 11) is 0. The Morgan fingerprint density at radius 2 is 1.89 bits per heavy atom. The predicted octanol–water partition coefficient (Wildman–Crippen LogP) is 4.26. The molecule has 6 heteroatoms. The summed E-state index contributed by atoms with van der Waals surface area (Å²) in [5.41, 5.74) is 0.312. The molecule has 0 spiro atoms. The minimum Gasteiger partial charge on any atom is -0.459 e. The monoisotopic (exact) mass is 372 g/mol. The third-order valence-electron chi connectivity index (χ3n) is 4.75. The average Bonchev–Trinajstić information content (AvgIpc) is 3.04. The second-order valence-corrected chi connectivity index (χ2v) is 8.16. The molecule has 1 aliphatic heterocycles. The molecule has 2 aromatic rings. The minimum absolute atomic E-state index is 0.00629. The average molecular weight is 372 g/mol. The molecule has 1 aromatic heterocycles. The van der Waals surface area contributed by atoms with Gasteiger partial charge in [-0.15, -0.1) is 0 Å². The zero-order chi connectivity index (χ0) is 19.6. The number of likely N-dealkylation sites (tertiary alicyclic amines) is 1. The molecule has 0 bridgehead atoms. The van der Waals surface area contributed by atoms with Crippen molar-refractivity contribution in [1.82, 2.24) is 10.2 Å². The Bertz CT molecular complexity index is 780. The summed E-state index contributed by atoms with van der Waals surface area (Å²) >= 11 is 0. The molecule has 1 atom stereocenters. The van der Waals surface area contributed by atoms with Crippen LogP contribution in [0.5, 0.6) is 0 Å². The number of carbonyl (C=O) groups is 2. The van der Waals surface area contributed by atoms with E-state index in [1.54, 1.807) is 4.90 Å². The third kappa shape index (κ3) is 4.81. The summed E-state index contributed by atoms with van der Waals surface area (Å²) in [6.45, 7) is 8.54. The van der Waals surface area contributed by atoms with Crippen LogP contribution in [0, 0.1) is 5.92 Å². The van der Waals surface area contributed by atoms with Crippen LogP contribution in [0.1, 0.15) is 52.3 Å². The van der Waals surface area contributed by atoms with Gasteiger partial charge in [-0.3, -0.25) is 4.79 Å². The Hall–Kier alpha value is -2.50. The lowest BCUT2D eigenvalue weighted by Gasteiger charge is -2.33. The van der Waals surface area contributed by atoms with E-state index in [4.69, 9.17) is 9.15 Å². The molecule has 1 saturated heterocycles. The van der Waals surface area contributed by atoms with Gasteiger partial charge in [-0.1, -0.05) is 18.2 Å². The highest BCUT2D eigenvalue weighted by molar-refractivity contribution is 5.80. The first-order chi connectivity index (χ1) is 12.7. The molecular formula is C21H28N2O4. The van der Waals surface area contributed by atoms with Gasteiger partial charge in [0.15, 0.2) is 0 Å². The molecule has 1 aromatic carbocycles. The first-order valence-electron chi connectivity index (χ1n) is 9.50.